The quantitative estimate of drug-likeness (QED) is 0.537. The summed E-state index contributed by atoms with van der Waals surface area (Å²) in [6, 6.07) is 9.31. The van der Waals surface area contributed by atoms with Crippen LogP contribution in [0, 0.1) is 11.6 Å². The highest BCUT2D eigenvalue weighted by Gasteiger charge is 2.20. The number of benzene rings is 2. The lowest BCUT2D eigenvalue weighted by molar-refractivity contribution is 0.102. The fraction of sp³-hybridized carbons (Fsp3) is 0.292. The predicted octanol–water partition coefficient (Wildman–Crippen LogP) is 2.69. The number of hydrogen-bond acceptors (Lipinski definition) is 5. The molecule has 35 heavy (non-hydrogen) atoms. The molecule has 0 aliphatic carbocycles. The molecule has 0 unspecified atom stereocenters. The molecule has 1 aliphatic rings. The number of aromatic nitrogens is 2. The van der Waals surface area contributed by atoms with Gasteiger partial charge in [-0.1, -0.05) is 0 Å². The first kappa shape index (κ1) is 24.1. The standard InChI is InChI=1S/C24H26F2N6O3/c1-30-21(6-7-28-30)19-15-17(29-23(33)18-4-2-16(25)14-20(18)26)3-5-22(19)35-13-12-31-8-10-32(11-9-31)24(27)34/h2-7,14-15H,8-13H2,1H3,(H2,27,34)(H,29,33). The fourth-order valence-electron chi connectivity index (χ4n) is 3.92. The highest BCUT2D eigenvalue weighted by molar-refractivity contribution is 6.04. The lowest BCUT2D eigenvalue weighted by Gasteiger charge is -2.33. The fourth-order valence-corrected chi connectivity index (χ4v) is 3.92. The van der Waals surface area contributed by atoms with Crippen molar-refractivity contribution in [2.45, 2.75) is 0 Å². The van der Waals surface area contributed by atoms with E-state index >= 15 is 0 Å². The lowest BCUT2D eigenvalue weighted by atomic mass is 10.1. The topological polar surface area (TPSA) is 106 Å². The Labute approximate surface area is 201 Å². The molecule has 1 fully saturated rings. The second kappa shape index (κ2) is 10.5. The molecule has 0 radical (unpaired) electrons. The molecule has 0 bridgehead atoms. The van der Waals surface area contributed by atoms with Crippen LogP contribution in [-0.2, 0) is 7.05 Å². The summed E-state index contributed by atoms with van der Waals surface area (Å²) < 4.78 is 34.9. The van der Waals surface area contributed by atoms with Crippen LogP contribution in [0.4, 0.5) is 19.3 Å². The van der Waals surface area contributed by atoms with Crippen LogP contribution < -0.4 is 15.8 Å². The van der Waals surface area contributed by atoms with Crippen LogP contribution in [0.1, 0.15) is 10.4 Å². The number of nitrogens with two attached hydrogens (primary N) is 1. The second-order valence-corrected chi connectivity index (χ2v) is 8.14. The molecule has 0 atom stereocenters. The van der Waals surface area contributed by atoms with Crippen LogP contribution in [0.2, 0.25) is 0 Å². The number of carbonyl (C=O) groups excluding carboxylic acids is 2. The van der Waals surface area contributed by atoms with E-state index in [2.05, 4.69) is 15.3 Å². The normalized spacial score (nSPS) is 14.1. The molecule has 2 heterocycles. The number of carbonyl (C=O) groups is 2. The van der Waals surface area contributed by atoms with Gasteiger partial charge in [0.1, 0.15) is 24.0 Å². The van der Waals surface area contributed by atoms with Crippen LogP contribution >= 0.6 is 0 Å². The van der Waals surface area contributed by atoms with E-state index in [1.54, 1.807) is 41.0 Å². The molecule has 4 rings (SSSR count). The lowest BCUT2D eigenvalue weighted by Crippen LogP contribution is -2.51. The van der Waals surface area contributed by atoms with E-state index in [1.165, 1.54) is 0 Å². The third kappa shape index (κ3) is 5.75. The van der Waals surface area contributed by atoms with Gasteiger partial charge in [0.2, 0.25) is 0 Å². The van der Waals surface area contributed by atoms with E-state index in [0.29, 0.717) is 62.4 Å². The maximum absolute atomic E-state index is 14.0. The number of aryl methyl sites for hydroxylation is 1. The average molecular weight is 485 g/mol. The number of amides is 3. The number of anilines is 1. The van der Waals surface area contributed by atoms with Crippen LogP contribution in [0.3, 0.4) is 0 Å². The van der Waals surface area contributed by atoms with Crippen LogP contribution in [0.5, 0.6) is 5.75 Å². The molecule has 1 aliphatic heterocycles. The van der Waals surface area contributed by atoms with Crippen molar-refractivity contribution < 1.29 is 23.1 Å². The van der Waals surface area contributed by atoms with Crippen molar-refractivity contribution in [3.8, 4) is 17.0 Å². The van der Waals surface area contributed by atoms with Crippen molar-refractivity contribution in [3.63, 3.8) is 0 Å². The van der Waals surface area contributed by atoms with Gasteiger partial charge in [0, 0.05) is 63.3 Å². The van der Waals surface area contributed by atoms with Gasteiger partial charge in [-0.05, 0) is 36.4 Å². The third-order valence-corrected chi connectivity index (χ3v) is 5.86. The Bertz CT molecular complexity index is 1220. The summed E-state index contributed by atoms with van der Waals surface area (Å²) in [6.45, 7) is 3.67. The van der Waals surface area contributed by atoms with E-state index in [4.69, 9.17) is 10.5 Å². The summed E-state index contributed by atoms with van der Waals surface area (Å²) in [6.07, 6.45) is 1.65. The minimum atomic E-state index is -0.939. The first-order valence-corrected chi connectivity index (χ1v) is 11.1. The summed E-state index contributed by atoms with van der Waals surface area (Å²) in [5.41, 5.74) is 6.95. The van der Waals surface area contributed by atoms with Crippen LogP contribution in [0.25, 0.3) is 11.3 Å². The molecular formula is C24H26F2N6O3. The van der Waals surface area contributed by atoms with Gasteiger partial charge in [0.25, 0.3) is 5.91 Å². The number of nitrogens with zero attached hydrogens (tertiary/aromatic N) is 4. The smallest absolute Gasteiger partial charge is 0.314 e. The third-order valence-electron chi connectivity index (χ3n) is 5.86. The summed E-state index contributed by atoms with van der Waals surface area (Å²) in [5, 5.41) is 6.86. The monoisotopic (exact) mass is 484 g/mol. The van der Waals surface area contributed by atoms with Gasteiger partial charge in [-0.25, -0.2) is 13.6 Å². The molecule has 1 saturated heterocycles. The van der Waals surface area contributed by atoms with Gasteiger partial charge in [0.15, 0.2) is 0 Å². The summed E-state index contributed by atoms with van der Waals surface area (Å²) in [5.74, 6) is -1.79. The van der Waals surface area contributed by atoms with Crippen molar-refractivity contribution in [1.29, 1.82) is 0 Å². The first-order chi connectivity index (χ1) is 16.8. The minimum absolute atomic E-state index is 0.259. The Morgan fingerprint density at radius 1 is 1.09 bits per heavy atom. The number of nitrogens with one attached hydrogen (secondary N) is 1. The molecule has 9 nitrogen and oxygen atoms in total. The number of ether oxygens (including phenoxy) is 1. The minimum Gasteiger partial charge on any atom is -0.492 e. The zero-order chi connectivity index (χ0) is 24.9. The Balaban J connectivity index is 1.46. The largest absolute Gasteiger partial charge is 0.492 e. The van der Waals surface area contributed by atoms with Crippen LogP contribution in [-0.4, -0.2) is 70.8 Å². The van der Waals surface area contributed by atoms with E-state index in [9.17, 15) is 18.4 Å². The van der Waals surface area contributed by atoms with E-state index < -0.39 is 23.6 Å². The van der Waals surface area contributed by atoms with E-state index in [1.807, 2.05) is 6.07 Å². The molecule has 3 amide bonds. The number of urea groups is 1. The Morgan fingerprint density at radius 2 is 1.86 bits per heavy atom. The van der Waals surface area contributed by atoms with Crippen molar-refractivity contribution in [1.82, 2.24) is 19.6 Å². The maximum Gasteiger partial charge on any atom is 0.314 e. The van der Waals surface area contributed by atoms with Gasteiger partial charge in [-0.2, -0.15) is 5.10 Å². The molecule has 0 spiro atoms. The molecule has 11 heteroatoms. The molecule has 184 valence electrons. The second-order valence-electron chi connectivity index (χ2n) is 8.14. The number of hydrogen-bond donors (Lipinski definition) is 2. The number of primary amides is 1. The van der Waals surface area contributed by atoms with E-state index in [-0.39, 0.29) is 5.56 Å². The number of rotatable bonds is 7. The number of halogens is 2. The number of piperazine rings is 1. The SMILES string of the molecule is Cn1nccc1-c1cc(NC(=O)c2ccc(F)cc2F)ccc1OCCN1CCN(C(N)=O)CC1. The first-order valence-electron chi connectivity index (χ1n) is 11.1. The molecular weight excluding hydrogens is 458 g/mol. The van der Waals surface area contributed by atoms with Gasteiger partial charge in [-0.3, -0.25) is 14.4 Å². The van der Waals surface area contributed by atoms with Gasteiger partial charge >= 0.3 is 6.03 Å². The van der Waals surface area contributed by atoms with Gasteiger partial charge < -0.3 is 20.7 Å². The van der Waals surface area contributed by atoms with Crippen molar-refractivity contribution in [2.24, 2.45) is 12.8 Å². The van der Waals surface area contributed by atoms with E-state index in [0.717, 1.165) is 17.8 Å². The van der Waals surface area contributed by atoms with Crippen molar-refractivity contribution in [2.75, 3.05) is 44.6 Å². The zero-order valence-electron chi connectivity index (χ0n) is 19.2. The predicted molar refractivity (Wildman–Crippen MR) is 126 cm³/mol. The van der Waals surface area contributed by atoms with Crippen molar-refractivity contribution >= 4 is 17.6 Å². The van der Waals surface area contributed by atoms with Gasteiger partial charge in [0.05, 0.1) is 11.3 Å². The highest BCUT2D eigenvalue weighted by Crippen LogP contribution is 2.32. The summed E-state index contributed by atoms with van der Waals surface area (Å²) in [4.78, 5) is 27.6. The Kier molecular flexibility index (Phi) is 7.25. The summed E-state index contributed by atoms with van der Waals surface area (Å²) in [7, 11) is 1.79. The molecule has 1 aromatic heterocycles. The van der Waals surface area contributed by atoms with Crippen LogP contribution in [0.15, 0.2) is 48.7 Å². The molecule has 3 aromatic rings. The Hall–Kier alpha value is -3.99. The molecule has 3 N–H and O–H groups in total. The van der Waals surface area contributed by atoms with Gasteiger partial charge in [-0.15, -0.1) is 0 Å². The summed E-state index contributed by atoms with van der Waals surface area (Å²) >= 11 is 0. The highest BCUT2D eigenvalue weighted by atomic mass is 19.1. The molecule has 2 aromatic carbocycles. The molecule has 0 saturated carbocycles. The maximum atomic E-state index is 14.0. The average Bonchev–Trinajstić information content (AvgIpc) is 3.25. The zero-order valence-corrected chi connectivity index (χ0v) is 19.2. The van der Waals surface area contributed by atoms with Crippen molar-refractivity contribution in [3.05, 3.63) is 65.9 Å². The Morgan fingerprint density at radius 3 is 2.51 bits per heavy atom.